The fourth-order valence-corrected chi connectivity index (χ4v) is 9.00. The molecule has 7 aromatic carbocycles. The van der Waals surface area contributed by atoms with E-state index in [4.69, 9.17) is 28.7 Å². The molecule has 0 radical (unpaired) electrons. The normalized spacial score (nSPS) is 11.0. The number of methoxy groups -OCH3 is 3. The number of rotatable bonds is 33. The van der Waals surface area contributed by atoms with Gasteiger partial charge in [-0.3, -0.25) is 14.5 Å². The van der Waals surface area contributed by atoms with Crippen LogP contribution in [-0.2, 0) is 33.8 Å². The molecule has 0 unspecified atom stereocenters. The Labute approximate surface area is 429 Å². The molecule has 0 saturated heterocycles. The monoisotopic (exact) mass is 970 g/mol. The van der Waals surface area contributed by atoms with E-state index >= 15 is 0 Å². The number of ether oxygens (including phenoxy) is 3. The van der Waals surface area contributed by atoms with Gasteiger partial charge in [0.25, 0.3) is 0 Å². The van der Waals surface area contributed by atoms with Crippen LogP contribution < -0.4 is 29.4 Å². The lowest BCUT2D eigenvalue weighted by molar-refractivity contribution is 0.117. The highest BCUT2D eigenvalue weighted by Gasteiger charge is 2.31. The van der Waals surface area contributed by atoms with Crippen LogP contribution in [0, 0.1) is 0 Å². The van der Waals surface area contributed by atoms with Crippen LogP contribution in [0.5, 0.6) is 17.2 Å². The first-order valence-corrected chi connectivity index (χ1v) is 26.1. The number of anilines is 6. The Balaban J connectivity index is 1.24. The number of unbranched alkanes of at least 4 members (excludes halogenated alkanes) is 9. The highest BCUT2D eigenvalue weighted by molar-refractivity contribution is 5.92. The van der Waals surface area contributed by atoms with Crippen LogP contribution in [0.15, 0.2) is 182 Å². The molecule has 9 heteroatoms. The highest BCUT2D eigenvalue weighted by atomic mass is 16.7. The molecule has 0 fully saturated rings. The maximum absolute atomic E-state index is 7.13. The van der Waals surface area contributed by atoms with E-state index in [1.807, 2.05) is 94.1 Å². The van der Waals surface area contributed by atoms with E-state index in [0.29, 0.717) is 42.8 Å². The average Bonchev–Trinajstić information content (AvgIpc) is 3.44. The molecule has 0 saturated carbocycles. The maximum Gasteiger partial charge on any atom is 0.144 e. The molecule has 7 aromatic rings. The first-order valence-electron chi connectivity index (χ1n) is 26.1. The van der Waals surface area contributed by atoms with Crippen molar-refractivity contribution in [3.63, 3.8) is 0 Å². The van der Waals surface area contributed by atoms with Crippen LogP contribution in [0.3, 0.4) is 0 Å². The fraction of sp³-hybridized carbons (Fsp3) is 0.333. The van der Waals surface area contributed by atoms with Crippen molar-refractivity contribution >= 4 is 34.1 Å². The van der Waals surface area contributed by atoms with Gasteiger partial charge in [-0.05, 0) is 123 Å². The van der Waals surface area contributed by atoms with Gasteiger partial charge in [0.05, 0.1) is 52.5 Å². The predicted octanol–water partition coefficient (Wildman–Crippen LogP) is 16.3. The minimum absolute atomic E-state index is 0.453. The fourth-order valence-electron chi connectivity index (χ4n) is 9.00. The lowest BCUT2D eigenvalue weighted by atomic mass is 10.1. The molecule has 0 aromatic heterocycles. The van der Waals surface area contributed by atoms with Crippen molar-refractivity contribution in [1.29, 1.82) is 0 Å². The van der Waals surface area contributed by atoms with Crippen LogP contribution in [0.1, 0.15) is 93.7 Å². The molecule has 0 aliphatic heterocycles. The van der Waals surface area contributed by atoms with E-state index in [1.165, 1.54) is 16.7 Å². The summed E-state index contributed by atoms with van der Waals surface area (Å²) in [7, 11) is 5.10. The van der Waals surface area contributed by atoms with E-state index in [9.17, 15) is 0 Å². The summed E-state index contributed by atoms with van der Waals surface area (Å²) in [6.45, 7) is 1.40. The van der Waals surface area contributed by atoms with E-state index in [1.54, 1.807) is 21.3 Å². The Morgan fingerprint density at radius 3 is 0.889 bits per heavy atom. The smallest absolute Gasteiger partial charge is 0.144 e. The van der Waals surface area contributed by atoms with Gasteiger partial charge in [0.15, 0.2) is 0 Å². The number of benzene rings is 7. The van der Waals surface area contributed by atoms with E-state index in [0.717, 1.165) is 125 Å². The number of hydrogen-bond donors (Lipinski definition) is 0. The molecule has 0 N–H and O–H groups in total. The SMILES string of the molecule is COc1ccccc1N(OCCCCCCc1ccccc1)c1cccc(N(OCCCCCCc2ccccc2)c2ccccc2OC)c1N(OCCCCCCc1ccccc1)c1ccccc1OC. The lowest BCUT2D eigenvalue weighted by Crippen LogP contribution is -2.28. The van der Waals surface area contributed by atoms with E-state index in [2.05, 4.69) is 103 Å². The third-order valence-electron chi connectivity index (χ3n) is 12.8. The van der Waals surface area contributed by atoms with Crippen LogP contribution >= 0.6 is 0 Å². The van der Waals surface area contributed by atoms with Crippen molar-refractivity contribution in [2.75, 3.05) is 56.3 Å². The summed E-state index contributed by atoms with van der Waals surface area (Å²) in [6, 6.07) is 62.3. The van der Waals surface area contributed by atoms with Crippen molar-refractivity contribution in [3.05, 3.63) is 199 Å². The average molecular weight is 970 g/mol. The van der Waals surface area contributed by atoms with Crippen molar-refractivity contribution in [2.24, 2.45) is 0 Å². The molecule has 9 nitrogen and oxygen atoms in total. The Morgan fingerprint density at radius 2 is 0.542 bits per heavy atom. The Morgan fingerprint density at radius 1 is 0.264 bits per heavy atom. The first-order chi connectivity index (χ1) is 35.7. The summed E-state index contributed by atoms with van der Waals surface area (Å²) in [5.41, 5.74) is 8.48. The second kappa shape index (κ2) is 30.2. The number of para-hydroxylation sites is 7. The van der Waals surface area contributed by atoms with Gasteiger partial charge in [-0.15, -0.1) is 0 Å². The third kappa shape index (κ3) is 15.9. The summed E-state index contributed by atoms with van der Waals surface area (Å²) in [4.78, 5) is 21.2. The number of hydrogen-bond acceptors (Lipinski definition) is 9. The van der Waals surface area contributed by atoms with Crippen LogP contribution in [0.25, 0.3) is 0 Å². The van der Waals surface area contributed by atoms with Crippen molar-refractivity contribution in [3.8, 4) is 17.2 Å². The molecule has 0 atom stereocenters. The Kier molecular flexibility index (Phi) is 22.2. The van der Waals surface area contributed by atoms with Crippen LogP contribution in [0.4, 0.5) is 34.1 Å². The zero-order valence-corrected chi connectivity index (χ0v) is 42.8. The van der Waals surface area contributed by atoms with Gasteiger partial charge in [0, 0.05) is 0 Å². The number of nitrogens with zero attached hydrogens (tertiary/aromatic N) is 3. The lowest BCUT2D eigenvalue weighted by Gasteiger charge is -2.36. The van der Waals surface area contributed by atoms with Gasteiger partial charge in [0.2, 0.25) is 0 Å². The largest absolute Gasteiger partial charge is 0.494 e. The molecule has 0 amide bonds. The second-order valence-electron chi connectivity index (χ2n) is 18.0. The third-order valence-corrected chi connectivity index (χ3v) is 12.8. The highest BCUT2D eigenvalue weighted by Crippen LogP contribution is 2.50. The summed E-state index contributed by atoms with van der Waals surface area (Å²) < 4.78 is 18.3. The van der Waals surface area contributed by atoms with Crippen LogP contribution in [0.2, 0.25) is 0 Å². The molecule has 0 heterocycles. The van der Waals surface area contributed by atoms with Crippen molar-refractivity contribution in [2.45, 2.75) is 96.3 Å². The topological polar surface area (TPSA) is 65.1 Å². The first kappa shape index (κ1) is 53.0. The Hall–Kier alpha value is -6.78. The molecular formula is C63H75N3O6. The second-order valence-corrected chi connectivity index (χ2v) is 18.0. The molecule has 0 bridgehead atoms. The zero-order valence-electron chi connectivity index (χ0n) is 42.8. The molecule has 0 aliphatic rings. The van der Waals surface area contributed by atoms with Gasteiger partial charge in [-0.1, -0.05) is 172 Å². The molecule has 7 rings (SSSR count). The van der Waals surface area contributed by atoms with E-state index < -0.39 is 0 Å². The van der Waals surface area contributed by atoms with Crippen molar-refractivity contribution < 1.29 is 28.7 Å². The molecule has 72 heavy (non-hydrogen) atoms. The summed E-state index contributed by atoms with van der Waals surface area (Å²) in [5.74, 6) is 1.99. The van der Waals surface area contributed by atoms with Gasteiger partial charge in [0.1, 0.15) is 40.0 Å². The molecule has 0 spiro atoms. The summed E-state index contributed by atoms with van der Waals surface area (Å²) >= 11 is 0. The maximum atomic E-state index is 7.13. The van der Waals surface area contributed by atoms with Gasteiger partial charge < -0.3 is 14.2 Å². The van der Waals surface area contributed by atoms with Gasteiger partial charge in [-0.25, -0.2) is 15.2 Å². The summed E-state index contributed by atoms with van der Waals surface area (Å²) in [5, 5.41) is 5.73. The zero-order chi connectivity index (χ0) is 49.8. The molecular weight excluding hydrogens is 895 g/mol. The van der Waals surface area contributed by atoms with Crippen molar-refractivity contribution in [1.82, 2.24) is 0 Å². The molecule has 0 aliphatic carbocycles. The molecule has 378 valence electrons. The Bertz CT molecular complexity index is 2460. The van der Waals surface area contributed by atoms with Crippen LogP contribution in [-0.4, -0.2) is 41.2 Å². The van der Waals surface area contributed by atoms with Gasteiger partial charge >= 0.3 is 0 Å². The minimum Gasteiger partial charge on any atom is -0.494 e. The number of aryl methyl sites for hydroxylation is 3. The van der Waals surface area contributed by atoms with Gasteiger partial charge in [-0.2, -0.15) is 0 Å². The van der Waals surface area contributed by atoms with E-state index in [-0.39, 0.29) is 0 Å². The minimum atomic E-state index is 0.453. The quantitative estimate of drug-likeness (QED) is 0.0296. The standard InChI is InChI=1S/C63H75N3O6/c1-67-60-46-25-22-41-55(60)64(70-49-28-7-4-13-32-52-35-16-10-17-36-52)58-44-31-45-59(65(56-42-23-26-47-61(56)68-2)71-50-29-8-5-14-33-53-37-18-11-19-38-53)63(58)66(57-43-24-27-48-62(57)69-3)72-51-30-9-6-15-34-54-39-20-12-21-40-54/h10-12,16-27,31,35-48H,4-9,13-15,28-30,32-34,49-51H2,1-3H3. The predicted molar refractivity (Wildman–Crippen MR) is 296 cm³/mol. The summed E-state index contributed by atoms with van der Waals surface area (Å²) in [6.07, 6.45) is 15.5.